The maximum absolute atomic E-state index is 10.6. The SMILES string of the molecule is CC(c1ncc(-c2ccccc2)o1)N(C)CCC(=O)O. The summed E-state index contributed by atoms with van der Waals surface area (Å²) < 4.78 is 5.76. The van der Waals surface area contributed by atoms with Crippen LogP contribution in [0, 0.1) is 0 Å². The lowest BCUT2D eigenvalue weighted by Gasteiger charge is -2.20. The molecular formula is C15H18N2O3. The van der Waals surface area contributed by atoms with Gasteiger partial charge < -0.3 is 9.52 Å². The molecule has 1 atom stereocenters. The molecule has 20 heavy (non-hydrogen) atoms. The molecule has 2 aromatic rings. The van der Waals surface area contributed by atoms with Crippen LogP contribution in [0.15, 0.2) is 40.9 Å². The molecule has 106 valence electrons. The number of aromatic nitrogens is 1. The van der Waals surface area contributed by atoms with E-state index in [2.05, 4.69) is 4.98 Å². The van der Waals surface area contributed by atoms with E-state index >= 15 is 0 Å². The van der Waals surface area contributed by atoms with Crippen molar-refractivity contribution in [2.75, 3.05) is 13.6 Å². The molecule has 1 unspecified atom stereocenters. The second kappa shape index (κ2) is 6.34. The van der Waals surface area contributed by atoms with Crippen molar-refractivity contribution < 1.29 is 14.3 Å². The van der Waals surface area contributed by atoms with Gasteiger partial charge in [0.25, 0.3) is 0 Å². The van der Waals surface area contributed by atoms with Gasteiger partial charge in [0.2, 0.25) is 5.89 Å². The standard InChI is InChI=1S/C15H18N2O3/c1-11(17(2)9-8-14(18)19)15-16-10-13(20-15)12-6-4-3-5-7-12/h3-7,10-11H,8-9H2,1-2H3,(H,18,19). The fourth-order valence-electron chi connectivity index (χ4n) is 1.87. The summed E-state index contributed by atoms with van der Waals surface area (Å²) in [5.41, 5.74) is 0.978. The van der Waals surface area contributed by atoms with Crippen LogP contribution in [0.2, 0.25) is 0 Å². The molecule has 0 bridgehead atoms. The maximum atomic E-state index is 10.6. The topological polar surface area (TPSA) is 66.6 Å². The van der Waals surface area contributed by atoms with Crippen molar-refractivity contribution in [3.05, 3.63) is 42.4 Å². The number of carboxylic acid groups (broad SMARTS) is 1. The summed E-state index contributed by atoms with van der Waals surface area (Å²) in [4.78, 5) is 16.8. The zero-order chi connectivity index (χ0) is 14.5. The summed E-state index contributed by atoms with van der Waals surface area (Å²) in [5, 5.41) is 8.70. The molecule has 0 aliphatic carbocycles. The second-order valence-electron chi connectivity index (χ2n) is 4.73. The van der Waals surface area contributed by atoms with E-state index in [-0.39, 0.29) is 12.5 Å². The van der Waals surface area contributed by atoms with E-state index in [0.717, 1.165) is 11.3 Å². The van der Waals surface area contributed by atoms with Gasteiger partial charge in [0.1, 0.15) is 0 Å². The molecule has 0 amide bonds. The Kier molecular flexibility index (Phi) is 4.53. The monoisotopic (exact) mass is 274 g/mol. The highest BCUT2D eigenvalue weighted by molar-refractivity contribution is 5.66. The summed E-state index contributed by atoms with van der Waals surface area (Å²) >= 11 is 0. The van der Waals surface area contributed by atoms with E-state index in [4.69, 9.17) is 9.52 Å². The average molecular weight is 274 g/mol. The van der Waals surface area contributed by atoms with Gasteiger partial charge in [-0.05, 0) is 14.0 Å². The zero-order valence-electron chi connectivity index (χ0n) is 11.6. The molecule has 0 saturated carbocycles. The predicted octanol–water partition coefficient (Wildman–Crippen LogP) is 2.81. The van der Waals surface area contributed by atoms with Crippen LogP contribution < -0.4 is 0 Å². The van der Waals surface area contributed by atoms with Gasteiger partial charge >= 0.3 is 5.97 Å². The Balaban J connectivity index is 2.06. The smallest absolute Gasteiger partial charge is 0.304 e. The van der Waals surface area contributed by atoms with Crippen LogP contribution >= 0.6 is 0 Å². The number of hydrogen-bond donors (Lipinski definition) is 1. The van der Waals surface area contributed by atoms with Crippen molar-refractivity contribution in [2.45, 2.75) is 19.4 Å². The van der Waals surface area contributed by atoms with E-state index in [1.807, 2.05) is 49.2 Å². The van der Waals surface area contributed by atoms with Crippen LogP contribution in [-0.4, -0.2) is 34.6 Å². The van der Waals surface area contributed by atoms with Crippen LogP contribution in [0.5, 0.6) is 0 Å². The van der Waals surface area contributed by atoms with Crippen LogP contribution in [-0.2, 0) is 4.79 Å². The van der Waals surface area contributed by atoms with Gasteiger partial charge in [0.15, 0.2) is 5.76 Å². The largest absolute Gasteiger partial charge is 0.481 e. The fraction of sp³-hybridized carbons (Fsp3) is 0.333. The highest BCUT2D eigenvalue weighted by Gasteiger charge is 2.18. The number of carboxylic acids is 1. The quantitative estimate of drug-likeness (QED) is 0.877. The Morgan fingerprint density at radius 1 is 1.40 bits per heavy atom. The molecule has 1 heterocycles. The van der Waals surface area contributed by atoms with E-state index in [9.17, 15) is 4.79 Å². The highest BCUT2D eigenvalue weighted by Crippen LogP contribution is 2.25. The van der Waals surface area contributed by atoms with Crippen LogP contribution in [0.25, 0.3) is 11.3 Å². The van der Waals surface area contributed by atoms with Gasteiger partial charge in [-0.3, -0.25) is 9.69 Å². The molecule has 0 radical (unpaired) electrons. The lowest BCUT2D eigenvalue weighted by Crippen LogP contribution is -2.25. The Morgan fingerprint density at radius 2 is 2.10 bits per heavy atom. The number of benzene rings is 1. The van der Waals surface area contributed by atoms with Crippen molar-refractivity contribution in [3.8, 4) is 11.3 Å². The second-order valence-corrected chi connectivity index (χ2v) is 4.73. The van der Waals surface area contributed by atoms with E-state index in [1.54, 1.807) is 6.20 Å². The first-order chi connectivity index (χ1) is 9.58. The van der Waals surface area contributed by atoms with Crippen LogP contribution in [0.1, 0.15) is 25.3 Å². The minimum absolute atomic E-state index is 0.0631. The minimum Gasteiger partial charge on any atom is -0.481 e. The van der Waals surface area contributed by atoms with Crippen molar-refractivity contribution in [3.63, 3.8) is 0 Å². The molecule has 0 fully saturated rings. The molecule has 1 aromatic carbocycles. The van der Waals surface area contributed by atoms with Gasteiger partial charge in [-0.15, -0.1) is 0 Å². The van der Waals surface area contributed by atoms with Gasteiger partial charge in [0, 0.05) is 12.1 Å². The van der Waals surface area contributed by atoms with E-state index in [1.165, 1.54) is 0 Å². The molecule has 5 nitrogen and oxygen atoms in total. The third-order valence-corrected chi connectivity index (χ3v) is 3.28. The first-order valence-corrected chi connectivity index (χ1v) is 6.51. The van der Waals surface area contributed by atoms with Crippen molar-refractivity contribution in [1.82, 2.24) is 9.88 Å². The number of aliphatic carboxylic acids is 1. The molecule has 1 aromatic heterocycles. The number of hydrogen-bond acceptors (Lipinski definition) is 4. The summed E-state index contributed by atoms with van der Waals surface area (Å²) in [6.07, 6.45) is 1.80. The molecule has 1 N–H and O–H groups in total. The first-order valence-electron chi connectivity index (χ1n) is 6.51. The molecule has 0 aliphatic heterocycles. The lowest BCUT2D eigenvalue weighted by atomic mass is 10.2. The first kappa shape index (κ1) is 14.3. The van der Waals surface area contributed by atoms with Gasteiger partial charge in [-0.25, -0.2) is 4.98 Å². The molecule has 0 saturated heterocycles. The van der Waals surface area contributed by atoms with Gasteiger partial charge in [0.05, 0.1) is 18.7 Å². The molecule has 2 rings (SSSR count). The minimum atomic E-state index is -0.804. The lowest BCUT2D eigenvalue weighted by molar-refractivity contribution is -0.137. The number of rotatable bonds is 6. The van der Waals surface area contributed by atoms with Crippen molar-refractivity contribution >= 4 is 5.97 Å². The molecular weight excluding hydrogens is 256 g/mol. The fourth-order valence-corrected chi connectivity index (χ4v) is 1.87. The third kappa shape index (κ3) is 3.45. The summed E-state index contributed by atoms with van der Waals surface area (Å²) in [7, 11) is 1.86. The van der Waals surface area contributed by atoms with Gasteiger partial charge in [-0.1, -0.05) is 30.3 Å². The molecule has 5 heteroatoms. The summed E-state index contributed by atoms with van der Waals surface area (Å²) in [5.74, 6) is 0.511. The average Bonchev–Trinajstić information content (AvgIpc) is 2.94. The normalized spacial score (nSPS) is 12.6. The summed E-state index contributed by atoms with van der Waals surface area (Å²) in [6.45, 7) is 2.40. The van der Waals surface area contributed by atoms with Crippen LogP contribution in [0.3, 0.4) is 0 Å². The highest BCUT2D eigenvalue weighted by atomic mass is 16.4. The van der Waals surface area contributed by atoms with E-state index < -0.39 is 5.97 Å². The third-order valence-electron chi connectivity index (χ3n) is 3.28. The number of oxazole rings is 1. The Bertz CT molecular complexity index is 566. The van der Waals surface area contributed by atoms with Crippen molar-refractivity contribution in [1.29, 1.82) is 0 Å². The predicted molar refractivity (Wildman–Crippen MR) is 75.2 cm³/mol. The Morgan fingerprint density at radius 3 is 2.75 bits per heavy atom. The number of nitrogens with zero attached hydrogens (tertiary/aromatic N) is 2. The van der Waals surface area contributed by atoms with E-state index in [0.29, 0.717) is 12.4 Å². The summed E-state index contributed by atoms with van der Waals surface area (Å²) in [6, 6.07) is 9.70. The maximum Gasteiger partial charge on any atom is 0.304 e. The van der Waals surface area contributed by atoms with Crippen molar-refractivity contribution in [2.24, 2.45) is 0 Å². The molecule has 0 aliphatic rings. The Labute approximate surface area is 117 Å². The van der Waals surface area contributed by atoms with Gasteiger partial charge in [-0.2, -0.15) is 0 Å². The zero-order valence-corrected chi connectivity index (χ0v) is 11.6. The Hall–Kier alpha value is -2.14. The number of carbonyl (C=O) groups is 1. The molecule has 0 spiro atoms. The van der Waals surface area contributed by atoms with Crippen LogP contribution in [0.4, 0.5) is 0 Å².